The summed E-state index contributed by atoms with van der Waals surface area (Å²) >= 11 is 0. The topological polar surface area (TPSA) is 93.4 Å². The molecule has 1 aliphatic rings. The highest BCUT2D eigenvalue weighted by molar-refractivity contribution is 6.23. The van der Waals surface area contributed by atoms with Crippen LogP contribution in [0.25, 0.3) is 5.69 Å². The Balaban J connectivity index is 1.54. The molecule has 1 atom stereocenters. The first kappa shape index (κ1) is 24.0. The fourth-order valence-electron chi connectivity index (χ4n) is 4.77. The fraction of sp³-hybridized carbons (Fsp3) is 0.172. The van der Waals surface area contributed by atoms with E-state index in [-0.39, 0.29) is 23.2 Å². The highest BCUT2D eigenvalue weighted by Gasteiger charge is 2.43. The molecule has 3 amide bonds. The van der Waals surface area contributed by atoms with Gasteiger partial charge in [-0.1, -0.05) is 60.2 Å². The van der Waals surface area contributed by atoms with Gasteiger partial charge in [-0.2, -0.15) is 0 Å². The van der Waals surface area contributed by atoms with Gasteiger partial charge in [0, 0.05) is 13.5 Å². The number of imide groups is 1. The molecule has 0 fully saturated rings. The van der Waals surface area contributed by atoms with Gasteiger partial charge in [-0.05, 0) is 43.7 Å². The lowest BCUT2D eigenvalue weighted by atomic mass is 10.0. The van der Waals surface area contributed by atoms with Gasteiger partial charge in [0.2, 0.25) is 5.91 Å². The maximum atomic E-state index is 13.8. The number of carbonyl (C=O) groups is 3. The number of hydrogen-bond acceptors (Lipinski definition) is 4. The minimum atomic E-state index is -1.15. The number of aryl methyl sites for hydroxylation is 1. The van der Waals surface area contributed by atoms with E-state index in [2.05, 4.69) is 5.32 Å². The molecule has 186 valence electrons. The molecule has 0 spiro atoms. The Hall–Kier alpha value is -4.72. The van der Waals surface area contributed by atoms with E-state index in [9.17, 15) is 19.2 Å². The van der Waals surface area contributed by atoms with Gasteiger partial charge in [0.25, 0.3) is 17.4 Å². The second-order valence-electron chi connectivity index (χ2n) is 9.16. The maximum absolute atomic E-state index is 13.8. The quantitative estimate of drug-likeness (QED) is 0.414. The molecule has 1 N–H and O–H groups in total. The molecule has 0 bridgehead atoms. The number of benzene rings is 3. The molecule has 3 aromatic carbocycles. The van der Waals surface area contributed by atoms with Crippen molar-refractivity contribution in [3.8, 4) is 5.69 Å². The number of hydrogen-bond donors (Lipinski definition) is 1. The van der Waals surface area contributed by atoms with Crippen LogP contribution in [0.1, 0.15) is 37.5 Å². The largest absolute Gasteiger partial charge is 0.318 e. The second-order valence-corrected chi connectivity index (χ2v) is 9.16. The van der Waals surface area contributed by atoms with Crippen molar-refractivity contribution in [3.05, 3.63) is 117 Å². The molecule has 4 aromatic rings. The summed E-state index contributed by atoms with van der Waals surface area (Å²) in [6, 6.07) is 22.0. The fourth-order valence-corrected chi connectivity index (χ4v) is 4.77. The zero-order chi connectivity index (χ0) is 26.3. The molecule has 1 aliphatic heterocycles. The number of nitrogens with zero attached hydrogens (tertiary/aromatic N) is 3. The van der Waals surface area contributed by atoms with Crippen molar-refractivity contribution >= 4 is 23.4 Å². The van der Waals surface area contributed by atoms with E-state index in [0.29, 0.717) is 11.4 Å². The first-order valence-electron chi connectivity index (χ1n) is 11.9. The highest BCUT2D eigenvalue weighted by atomic mass is 16.2. The summed E-state index contributed by atoms with van der Waals surface area (Å²) in [7, 11) is 1.73. The summed E-state index contributed by atoms with van der Waals surface area (Å²) in [6.07, 6.45) is 0.109. The van der Waals surface area contributed by atoms with E-state index < -0.39 is 29.3 Å². The Labute approximate surface area is 213 Å². The molecule has 5 rings (SSSR count). The molecule has 8 heteroatoms. The van der Waals surface area contributed by atoms with Crippen molar-refractivity contribution in [2.45, 2.75) is 26.3 Å². The first-order chi connectivity index (χ1) is 17.8. The third kappa shape index (κ3) is 4.16. The average Bonchev–Trinajstić information content (AvgIpc) is 3.27. The van der Waals surface area contributed by atoms with Crippen LogP contribution in [-0.4, -0.2) is 38.0 Å². The predicted octanol–water partition coefficient (Wildman–Crippen LogP) is 3.64. The second kappa shape index (κ2) is 9.39. The van der Waals surface area contributed by atoms with Crippen LogP contribution in [0.4, 0.5) is 5.69 Å². The third-order valence-electron chi connectivity index (χ3n) is 6.75. The smallest absolute Gasteiger partial charge is 0.295 e. The Morgan fingerprint density at radius 3 is 2.08 bits per heavy atom. The van der Waals surface area contributed by atoms with Gasteiger partial charge < -0.3 is 5.32 Å². The number of carbonyl (C=O) groups excluding carboxylic acids is 3. The van der Waals surface area contributed by atoms with Crippen LogP contribution in [0, 0.1) is 13.8 Å². The van der Waals surface area contributed by atoms with Gasteiger partial charge in [-0.25, -0.2) is 4.68 Å². The SMILES string of the molecule is Cc1cccc(CC(C(=O)Nc2c(C)n(C)n(-c3ccccc3)c2=O)N2C(=O)c3ccccc3C2=O)c1. The summed E-state index contributed by atoms with van der Waals surface area (Å²) < 4.78 is 3.12. The van der Waals surface area contributed by atoms with Gasteiger partial charge in [0.15, 0.2) is 0 Å². The Morgan fingerprint density at radius 1 is 0.838 bits per heavy atom. The van der Waals surface area contributed by atoms with Crippen molar-refractivity contribution in [1.82, 2.24) is 14.3 Å². The molecule has 0 aliphatic carbocycles. The lowest BCUT2D eigenvalue weighted by molar-refractivity contribution is -0.119. The van der Waals surface area contributed by atoms with Crippen LogP contribution in [0.3, 0.4) is 0 Å². The summed E-state index contributed by atoms with van der Waals surface area (Å²) in [5, 5.41) is 2.75. The van der Waals surface area contributed by atoms with Crippen LogP contribution in [-0.2, 0) is 18.3 Å². The third-order valence-corrected chi connectivity index (χ3v) is 6.75. The molecule has 2 heterocycles. The number of anilines is 1. The van der Waals surface area contributed by atoms with Crippen LogP contribution in [0.15, 0.2) is 83.7 Å². The van der Waals surface area contributed by atoms with Gasteiger partial charge in [0.05, 0.1) is 22.5 Å². The number of amides is 3. The first-order valence-corrected chi connectivity index (χ1v) is 11.9. The zero-order valence-electron chi connectivity index (χ0n) is 20.8. The predicted molar refractivity (Wildman–Crippen MR) is 140 cm³/mol. The van der Waals surface area contributed by atoms with E-state index >= 15 is 0 Å². The summed E-state index contributed by atoms with van der Waals surface area (Å²) in [4.78, 5) is 54.8. The summed E-state index contributed by atoms with van der Waals surface area (Å²) in [6.45, 7) is 3.66. The molecular formula is C29H26N4O4. The number of rotatable bonds is 6. The van der Waals surface area contributed by atoms with Crippen LogP contribution < -0.4 is 10.9 Å². The van der Waals surface area contributed by atoms with E-state index in [1.54, 1.807) is 55.1 Å². The van der Waals surface area contributed by atoms with E-state index in [1.807, 2.05) is 49.4 Å². The van der Waals surface area contributed by atoms with Crippen molar-refractivity contribution in [2.75, 3.05) is 5.32 Å². The average molecular weight is 495 g/mol. The van der Waals surface area contributed by atoms with Gasteiger partial charge in [0.1, 0.15) is 11.7 Å². The van der Waals surface area contributed by atoms with Crippen molar-refractivity contribution < 1.29 is 14.4 Å². The molecule has 0 saturated carbocycles. The highest BCUT2D eigenvalue weighted by Crippen LogP contribution is 2.27. The molecule has 0 saturated heterocycles. The Bertz CT molecular complexity index is 1560. The Morgan fingerprint density at radius 2 is 1.46 bits per heavy atom. The van der Waals surface area contributed by atoms with Gasteiger partial charge >= 0.3 is 0 Å². The van der Waals surface area contributed by atoms with E-state index in [4.69, 9.17) is 0 Å². The van der Waals surface area contributed by atoms with E-state index in [1.165, 1.54) is 4.68 Å². The lowest BCUT2D eigenvalue weighted by Gasteiger charge is -2.25. The van der Waals surface area contributed by atoms with Gasteiger partial charge in [-0.3, -0.25) is 28.8 Å². The number of fused-ring (bicyclic) bond motifs is 1. The van der Waals surface area contributed by atoms with Crippen LogP contribution in [0.5, 0.6) is 0 Å². The van der Waals surface area contributed by atoms with Crippen LogP contribution >= 0.6 is 0 Å². The molecule has 1 aromatic heterocycles. The molecule has 8 nitrogen and oxygen atoms in total. The normalized spacial score (nSPS) is 13.5. The van der Waals surface area contributed by atoms with E-state index in [0.717, 1.165) is 16.0 Å². The minimum absolute atomic E-state index is 0.0993. The number of nitrogens with one attached hydrogen (secondary N) is 1. The summed E-state index contributed by atoms with van der Waals surface area (Å²) in [5.74, 6) is -1.67. The summed E-state index contributed by atoms with van der Waals surface area (Å²) in [5.41, 5.74) is 3.19. The van der Waals surface area contributed by atoms with Crippen molar-refractivity contribution in [1.29, 1.82) is 0 Å². The Kier molecular flexibility index (Phi) is 6.09. The number of aromatic nitrogens is 2. The zero-order valence-corrected chi connectivity index (χ0v) is 20.8. The van der Waals surface area contributed by atoms with Crippen molar-refractivity contribution in [2.24, 2.45) is 7.05 Å². The van der Waals surface area contributed by atoms with Gasteiger partial charge in [-0.15, -0.1) is 0 Å². The maximum Gasteiger partial charge on any atom is 0.295 e. The molecule has 0 radical (unpaired) electrons. The minimum Gasteiger partial charge on any atom is -0.318 e. The molecular weight excluding hydrogens is 468 g/mol. The molecule has 1 unspecified atom stereocenters. The number of para-hydroxylation sites is 1. The lowest BCUT2D eigenvalue weighted by Crippen LogP contribution is -2.49. The monoisotopic (exact) mass is 494 g/mol. The standard InChI is InChI=1S/C29H26N4O4/c1-18-10-9-11-20(16-18)17-24(32-27(35)22-14-7-8-15-23(22)28(32)36)26(34)30-25-19(2)31(3)33(29(25)37)21-12-5-4-6-13-21/h4-16,24H,17H2,1-3H3,(H,30,34). The molecule has 37 heavy (non-hydrogen) atoms. The van der Waals surface area contributed by atoms with Crippen LogP contribution in [0.2, 0.25) is 0 Å². The van der Waals surface area contributed by atoms with Crippen molar-refractivity contribution in [3.63, 3.8) is 0 Å².